The van der Waals surface area contributed by atoms with E-state index in [1.54, 1.807) is 0 Å². The SMILES string of the molecule is CCCCCCCCCCCCCCCC(=O)OC[C@H](O)[C@H]1OC(=O)C(O)=C1[O-].[Na+]. The van der Waals surface area contributed by atoms with Crippen molar-refractivity contribution in [2.45, 2.75) is 109 Å². The first-order valence-corrected chi connectivity index (χ1v) is 11.1. The monoisotopic (exact) mass is 436 g/mol. The summed E-state index contributed by atoms with van der Waals surface area (Å²) in [6.07, 6.45) is 13.1. The number of rotatable bonds is 17. The van der Waals surface area contributed by atoms with Crippen LogP contribution in [0.5, 0.6) is 0 Å². The zero-order valence-corrected chi connectivity index (χ0v) is 20.7. The Hall–Kier alpha value is -0.760. The Balaban J connectivity index is 0.00000841. The van der Waals surface area contributed by atoms with Crippen molar-refractivity contribution < 1.29 is 63.9 Å². The van der Waals surface area contributed by atoms with E-state index in [0.29, 0.717) is 0 Å². The van der Waals surface area contributed by atoms with Crippen LogP contribution >= 0.6 is 0 Å². The Labute approximate surface area is 202 Å². The van der Waals surface area contributed by atoms with Crippen LogP contribution in [0.4, 0.5) is 0 Å². The van der Waals surface area contributed by atoms with Crippen LogP contribution in [0.3, 0.4) is 0 Å². The summed E-state index contributed by atoms with van der Waals surface area (Å²) in [6.45, 7) is 1.79. The van der Waals surface area contributed by atoms with Crippen molar-refractivity contribution in [1.29, 1.82) is 0 Å². The molecule has 1 aliphatic heterocycles. The average molecular weight is 437 g/mol. The van der Waals surface area contributed by atoms with E-state index in [4.69, 9.17) is 9.84 Å². The predicted octanol–water partition coefficient (Wildman–Crippen LogP) is 0.431. The van der Waals surface area contributed by atoms with Gasteiger partial charge in [0.1, 0.15) is 18.8 Å². The first-order chi connectivity index (χ1) is 14.0. The second-order valence-corrected chi connectivity index (χ2v) is 7.78. The van der Waals surface area contributed by atoms with E-state index < -0.39 is 42.3 Å². The van der Waals surface area contributed by atoms with Crippen LogP contribution < -0.4 is 34.7 Å². The summed E-state index contributed by atoms with van der Waals surface area (Å²) in [6, 6.07) is 0. The molecular formula is C22H37NaO7. The molecule has 0 saturated carbocycles. The number of aliphatic hydroxyl groups excluding tert-OH is 2. The number of carbonyl (C=O) groups excluding carboxylic acids is 2. The van der Waals surface area contributed by atoms with Gasteiger partial charge < -0.3 is 24.8 Å². The maximum Gasteiger partial charge on any atom is 1.00 e. The van der Waals surface area contributed by atoms with E-state index in [2.05, 4.69) is 11.7 Å². The second-order valence-electron chi connectivity index (χ2n) is 7.78. The zero-order chi connectivity index (χ0) is 21.5. The van der Waals surface area contributed by atoms with Gasteiger partial charge in [0, 0.05) is 6.42 Å². The van der Waals surface area contributed by atoms with Crippen molar-refractivity contribution >= 4 is 11.9 Å². The summed E-state index contributed by atoms with van der Waals surface area (Å²) in [5.74, 6) is -3.66. The number of ether oxygens (including phenoxy) is 2. The number of hydrogen-bond acceptors (Lipinski definition) is 7. The molecule has 0 aromatic heterocycles. The molecule has 0 saturated heterocycles. The number of unbranched alkanes of at least 4 members (excludes halogenated alkanes) is 12. The first kappa shape index (κ1) is 29.2. The molecule has 1 heterocycles. The molecule has 0 bridgehead atoms. The van der Waals surface area contributed by atoms with Gasteiger partial charge in [-0.3, -0.25) is 4.79 Å². The zero-order valence-electron chi connectivity index (χ0n) is 18.7. The van der Waals surface area contributed by atoms with Crippen LogP contribution in [0.15, 0.2) is 11.5 Å². The molecule has 2 atom stereocenters. The van der Waals surface area contributed by atoms with Crippen molar-refractivity contribution in [3.05, 3.63) is 11.5 Å². The summed E-state index contributed by atoms with van der Waals surface area (Å²) in [4.78, 5) is 22.7. The Morgan fingerprint density at radius 3 is 1.90 bits per heavy atom. The minimum Gasteiger partial charge on any atom is -0.870 e. The van der Waals surface area contributed by atoms with Gasteiger partial charge in [0.15, 0.2) is 5.76 Å². The van der Waals surface area contributed by atoms with Crippen molar-refractivity contribution in [3.63, 3.8) is 0 Å². The molecule has 1 aliphatic rings. The molecule has 0 spiro atoms. The van der Waals surface area contributed by atoms with Gasteiger partial charge in [-0.1, -0.05) is 84.0 Å². The van der Waals surface area contributed by atoms with Gasteiger partial charge in [-0.25, -0.2) is 4.79 Å². The Morgan fingerprint density at radius 2 is 1.47 bits per heavy atom. The van der Waals surface area contributed by atoms with E-state index in [-0.39, 0.29) is 36.0 Å². The number of cyclic esters (lactones) is 1. The van der Waals surface area contributed by atoms with Crippen molar-refractivity contribution in [1.82, 2.24) is 0 Å². The molecule has 0 fully saturated rings. The maximum absolute atomic E-state index is 11.7. The van der Waals surface area contributed by atoms with Crippen LogP contribution in [0.2, 0.25) is 0 Å². The Morgan fingerprint density at radius 1 is 1.00 bits per heavy atom. The Kier molecular flexibility index (Phi) is 17.4. The smallest absolute Gasteiger partial charge is 0.870 e. The molecule has 2 N–H and O–H groups in total. The van der Waals surface area contributed by atoms with E-state index >= 15 is 0 Å². The molecule has 0 aliphatic carbocycles. The van der Waals surface area contributed by atoms with E-state index in [9.17, 15) is 19.8 Å². The first-order valence-electron chi connectivity index (χ1n) is 11.1. The molecule has 0 radical (unpaired) electrons. The van der Waals surface area contributed by atoms with Gasteiger partial charge in [-0.2, -0.15) is 0 Å². The fourth-order valence-corrected chi connectivity index (χ4v) is 3.34. The van der Waals surface area contributed by atoms with Crippen molar-refractivity contribution in [2.75, 3.05) is 6.61 Å². The largest absolute Gasteiger partial charge is 1.00 e. The third-order valence-corrected chi connectivity index (χ3v) is 5.17. The molecule has 0 aromatic rings. The molecule has 0 unspecified atom stereocenters. The van der Waals surface area contributed by atoms with Crippen LogP contribution in [-0.4, -0.2) is 41.0 Å². The average Bonchev–Trinajstić information content (AvgIpc) is 2.97. The summed E-state index contributed by atoms with van der Waals surface area (Å²) < 4.78 is 9.46. The maximum atomic E-state index is 11.7. The molecule has 0 amide bonds. The summed E-state index contributed by atoms with van der Waals surface area (Å²) in [5.41, 5.74) is 0. The molecular weight excluding hydrogens is 399 g/mol. The minimum atomic E-state index is -1.51. The molecule has 30 heavy (non-hydrogen) atoms. The predicted molar refractivity (Wildman–Crippen MR) is 107 cm³/mol. The third kappa shape index (κ3) is 12.2. The standard InChI is InChI=1S/C22H38O7.Na/c1-2-3-4-5-6-7-8-9-10-11-12-13-14-15-18(24)28-16-17(23)21-19(25)20(26)22(27)29-21;/h17,21,23,25-26H,2-16H2,1H3;/q;+1/p-1/t17-,21+;/m0./s1. The number of esters is 2. The van der Waals surface area contributed by atoms with Crippen LogP contribution in [-0.2, 0) is 19.1 Å². The van der Waals surface area contributed by atoms with Crippen LogP contribution in [0.25, 0.3) is 0 Å². The molecule has 8 heteroatoms. The van der Waals surface area contributed by atoms with Crippen LogP contribution in [0.1, 0.15) is 96.8 Å². The normalized spacial score (nSPS) is 16.9. The quantitative estimate of drug-likeness (QED) is 0.193. The summed E-state index contributed by atoms with van der Waals surface area (Å²) in [5, 5.41) is 30.4. The molecule has 0 aromatic carbocycles. The third-order valence-electron chi connectivity index (χ3n) is 5.17. The summed E-state index contributed by atoms with van der Waals surface area (Å²) >= 11 is 0. The van der Waals surface area contributed by atoms with Gasteiger partial charge in [0.2, 0.25) is 0 Å². The second kappa shape index (κ2) is 17.9. The van der Waals surface area contributed by atoms with E-state index in [1.807, 2.05) is 0 Å². The van der Waals surface area contributed by atoms with E-state index in [1.165, 1.54) is 64.2 Å². The fraction of sp³-hybridized carbons (Fsp3) is 0.818. The van der Waals surface area contributed by atoms with Crippen LogP contribution in [0, 0.1) is 0 Å². The van der Waals surface area contributed by atoms with Gasteiger partial charge >= 0.3 is 41.5 Å². The minimum absolute atomic E-state index is 0. The number of aliphatic hydroxyl groups is 2. The molecule has 1 rings (SSSR count). The van der Waals surface area contributed by atoms with Gasteiger partial charge in [-0.05, 0) is 12.2 Å². The van der Waals surface area contributed by atoms with Gasteiger partial charge in [0.05, 0.1) is 0 Å². The fourth-order valence-electron chi connectivity index (χ4n) is 3.34. The molecule has 168 valence electrons. The van der Waals surface area contributed by atoms with Gasteiger partial charge in [-0.15, -0.1) is 0 Å². The number of hydrogen-bond donors (Lipinski definition) is 2. The Bertz CT molecular complexity index is 522. The van der Waals surface area contributed by atoms with E-state index in [0.717, 1.165) is 19.3 Å². The van der Waals surface area contributed by atoms with Gasteiger partial charge in [0.25, 0.3) is 0 Å². The topological polar surface area (TPSA) is 116 Å². The number of carbonyl (C=O) groups is 2. The summed E-state index contributed by atoms with van der Waals surface area (Å²) in [7, 11) is 0. The van der Waals surface area contributed by atoms with Crippen molar-refractivity contribution in [2.24, 2.45) is 0 Å². The van der Waals surface area contributed by atoms with Crippen molar-refractivity contribution in [3.8, 4) is 0 Å². The molecule has 7 nitrogen and oxygen atoms in total.